The quantitative estimate of drug-likeness (QED) is 0.774. The second kappa shape index (κ2) is 8.02. The van der Waals surface area contributed by atoms with Crippen LogP contribution in [0.4, 0.5) is 5.69 Å². The number of para-hydroxylation sites is 1. The van der Waals surface area contributed by atoms with Gasteiger partial charge in [0.2, 0.25) is 15.9 Å². The van der Waals surface area contributed by atoms with Crippen molar-refractivity contribution in [2.45, 2.75) is 31.1 Å². The van der Waals surface area contributed by atoms with Crippen LogP contribution < -0.4 is 9.62 Å². The minimum Gasteiger partial charge on any atom is -0.312 e. The summed E-state index contributed by atoms with van der Waals surface area (Å²) in [5.74, 6) is -0.312. The lowest BCUT2D eigenvalue weighted by molar-refractivity contribution is -0.118. The number of carbonyl (C=O) groups excluding carboxylic acids is 2. The third kappa shape index (κ3) is 4.43. The Bertz CT molecular complexity index is 969. The largest absolute Gasteiger partial charge is 0.312 e. The number of benzene rings is 2. The molecule has 0 saturated heterocycles. The molecule has 1 amide bonds. The van der Waals surface area contributed by atoms with E-state index < -0.39 is 10.0 Å². The molecule has 1 aliphatic rings. The fourth-order valence-electron chi connectivity index (χ4n) is 3.19. The van der Waals surface area contributed by atoms with Gasteiger partial charge >= 0.3 is 0 Å². The van der Waals surface area contributed by atoms with Crippen molar-refractivity contribution in [1.82, 2.24) is 4.72 Å². The number of Topliss-reactive ketones (excluding diaryl/α,β-unsaturated/α-hetero) is 1. The Kier molecular flexibility index (Phi) is 5.72. The number of nitrogens with one attached hydrogen (secondary N) is 1. The molecule has 0 aliphatic carbocycles. The van der Waals surface area contributed by atoms with E-state index in [2.05, 4.69) is 4.72 Å². The summed E-state index contributed by atoms with van der Waals surface area (Å²) in [6, 6.07) is 13.7. The highest BCUT2D eigenvalue weighted by molar-refractivity contribution is 7.89. The molecule has 0 atom stereocenters. The van der Waals surface area contributed by atoms with Gasteiger partial charge in [-0.15, -0.1) is 0 Å². The molecule has 0 bridgehead atoms. The zero-order valence-electron chi connectivity index (χ0n) is 15.1. The fraction of sp³-hybridized carbons (Fsp3) is 0.300. The molecule has 1 heterocycles. The van der Waals surface area contributed by atoms with Crippen LogP contribution in [0, 0.1) is 0 Å². The van der Waals surface area contributed by atoms with Gasteiger partial charge in [-0.05, 0) is 43.5 Å². The van der Waals surface area contributed by atoms with E-state index in [9.17, 15) is 18.0 Å². The van der Waals surface area contributed by atoms with Crippen LogP contribution in [-0.4, -0.2) is 33.2 Å². The molecule has 7 heteroatoms. The Balaban J connectivity index is 1.63. The number of sulfonamides is 1. The third-order valence-electron chi connectivity index (χ3n) is 4.59. The van der Waals surface area contributed by atoms with E-state index in [-0.39, 0.29) is 29.6 Å². The van der Waals surface area contributed by atoms with Gasteiger partial charge in [0.25, 0.3) is 0 Å². The Hall–Kier alpha value is -2.51. The number of nitrogens with zero attached hydrogens (tertiary/aromatic N) is 1. The number of fused-ring (bicyclic) bond motifs is 1. The zero-order chi connectivity index (χ0) is 19.4. The van der Waals surface area contributed by atoms with E-state index in [1.165, 1.54) is 25.1 Å². The first kappa shape index (κ1) is 19.3. The molecule has 0 saturated carbocycles. The van der Waals surface area contributed by atoms with Crippen molar-refractivity contribution in [2.24, 2.45) is 0 Å². The van der Waals surface area contributed by atoms with Gasteiger partial charge in [0.15, 0.2) is 5.78 Å². The van der Waals surface area contributed by atoms with E-state index in [4.69, 9.17) is 0 Å². The van der Waals surface area contributed by atoms with Gasteiger partial charge in [-0.25, -0.2) is 13.1 Å². The first-order valence-electron chi connectivity index (χ1n) is 8.87. The van der Waals surface area contributed by atoms with Gasteiger partial charge in [0.1, 0.15) is 0 Å². The van der Waals surface area contributed by atoms with E-state index >= 15 is 0 Å². The Morgan fingerprint density at radius 3 is 2.67 bits per heavy atom. The fourth-order valence-corrected chi connectivity index (χ4v) is 4.26. The predicted molar refractivity (Wildman–Crippen MR) is 103 cm³/mol. The van der Waals surface area contributed by atoms with Crippen LogP contribution in [0.25, 0.3) is 0 Å². The molecule has 2 aromatic carbocycles. The van der Waals surface area contributed by atoms with Crippen molar-refractivity contribution in [3.8, 4) is 0 Å². The average molecular weight is 386 g/mol. The van der Waals surface area contributed by atoms with Crippen molar-refractivity contribution >= 4 is 27.4 Å². The van der Waals surface area contributed by atoms with Crippen LogP contribution in [-0.2, 0) is 21.2 Å². The van der Waals surface area contributed by atoms with E-state index in [1.54, 1.807) is 11.0 Å². The lowest BCUT2D eigenvalue weighted by Gasteiger charge is -2.29. The first-order valence-corrected chi connectivity index (χ1v) is 10.4. The Labute approximate surface area is 159 Å². The number of amides is 1. The summed E-state index contributed by atoms with van der Waals surface area (Å²) in [6.45, 7) is 2.03. The molecule has 1 aliphatic heterocycles. The minimum absolute atomic E-state index is 0.00410. The highest BCUT2D eigenvalue weighted by atomic mass is 32.2. The van der Waals surface area contributed by atoms with Crippen LogP contribution in [0.15, 0.2) is 53.4 Å². The maximum Gasteiger partial charge on any atom is 0.240 e. The van der Waals surface area contributed by atoms with Gasteiger partial charge in [0, 0.05) is 30.8 Å². The minimum atomic E-state index is -3.78. The number of anilines is 1. The van der Waals surface area contributed by atoms with Crippen LogP contribution in [0.5, 0.6) is 0 Å². The SMILES string of the molecule is CC(=O)c1cccc(S(=O)(=O)NCCC(=O)N2CCCc3ccccc32)c1. The molecular formula is C20H22N2O4S. The Morgan fingerprint density at radius 1 is 1.11 bits per heavy atom. The lowest BCUT2D eigenvalue weighted by atomic mass is 10.0. The molecule has 0 fully saturated rings. The molecule has 0 radical (unpaired) electrons. The topological polar surface area (TPSA) is 83.5 Å². The second-order valence-corrected chi connectivity index (χ2v) is 8.28. The third-order valence-corrected chi connectivity index (χ3v) is 6.05. The molecule has 2 aromatic rings. The van der Waals surface area contributed by atoms with Crippen LogP contribution in [0.3, 0.4) is 0 Å². The first-order chi connectivity index (χ1) is 12.9. The molecule has 1 N–H and O–H groups in total. The summed E-state index contributed by atoms with van der Waals surface area (Å²) in [5.41, 5.74) is 2.38. The van der Waals surface area contributed by atoms with Gasteiger partial charge in [-0.1, -0.05) is 30.3 Å². The molecule has 0 unspecified atom stereocenters. The number of hydrogen-bond donors (Lipinski definition) is 1. The number of rotatable bonds is 6. The van der Waals surface area contributed by atoms with Crippen LogP contribution in [0.1, 0.15) is 35.7 Å². The molecule has 0 aromatic heterocycles. The Morgan fingerprint density at radius 2 is 1.89 bits per heavy atom. The maximum atomic E-state index is 12.6. The van der Waals surface area contributed by atoms with Crippen LogP contribution >= 0.6 is 0 Å². The molecule has 142 valence electrons. The van der Waals surface area contributed by atoms with Crippen molar-refractivity contribution in [3.05, 3.63) is 59.7 Å². The number of hydrogen-bond acceptors (Lipinski definition) is 4. The standard InChI is InChI=1S/C20H22N2O4S/c1-15(23)17-7-4-9-18(14-17)27(25,26)21-12-11-20(24)22-13-5-8-16-6-2-3-10-19(16)22/h2-4,6-7,9-10,14,21H,5,8,11-13H2,1H3. The predicted octanol–water partition coefficient (Wildman–Crippen LogP) is 2.54. The summed E-state index contributed by atoms with van der Waals surface area (Å²) in [5, 5.41) is 0. The van der Waals surface area contributed by atoms with E-state index in [0.29, 0.717) is 12.1 Å². The highest BCUT2D eigenvalue weighted by Gasteiger charge is 2.22. The van der Waals surface area contributed by atoms with Crippen LogP contribution in [0.2, 0.25) is 0 Å². The van der Waals surface area contributed by atoms with Gasteiger partial charge in [-0.2, -0.15) is 0 Å². The highest BCUT2D eigenvalue weighted by Crippen LogP contribution is 2.27. The molecule has 6 nitrogen and oxygen atoms in total. The average Bonchev–Trinajstić information content (AvgIpc) is 2.67. The summed E-state index contributed by atoms with van der Waals surface area (Å²) in [4.78, 5) is 25.8. The van der Waals surface area contributed by atoms with Crippen molar-refractivity contribution in [3.63, 3.8) is 0 Å². The lowest BCUT2D eigenvalue weighted by Crippen LogP contribution is -2.37. The molecular weight excluding hydrogens is 364 g/mol. The van der Waals surface area contributed by atoms with Gasteiger partial charge in [-0.3, -0.25) is 9.59 Å². The van der Waals surface area contributed by atoms with Gasteiger partial charge < -0.3 is 4.90 Å². The second-order valence-electron chi connectivity index (χ2n) is 6.51. The summed E-state index contributed by atoms with van der Waals surface area (Å²) in [7, 11) is -3.78. The number of ketones is 1. The molecule has 27 heavy (non-hydrogen) atoms. The number of carbonyl (C=O) groups is 2. The molecule has 3 rings (SSSR count). The summed E-state index contributed by atoms with van der Waals surface area (Å²) < 4.78 is 27.3. The normalized spacial score (nSPS) is 13.9. The van der Waals surface area contributed by atoms with Crippen molar-refractivity contribution < 1.29 is 18.0 Å². The zero-order valence-corrected chi connectivity index (χ0v) is 16.0. The van der Waals surface area contributed by atoms with E-state index in [1.807, 2.05) is 24.3 Å². The van der Waals surface area contributed by atoms with E-state index in [0.717, 1.165) is 24.1 Å². The monoisotopic (exact) mass is 386 g/mol. The van der Waals surface area contributed by atoms with Crippen molar-refractivity contribution in [2.75, 3.05) is 18.0 Å². The van der Waals surface area contributed by atoms with Gasteiger partial charge in [0.05, 0.1) is 4.90 Å². The number of aryl methyl sites for hydroxylation is 1. The smallest absolute Gasteiger partial charge is 0.240 e. The summed E-state index contributed by atoms with van der Waals surface area (Å²) >= 11 is 0. The molecule has 0 spiro atoms. The maximum absolute atomic E-state index is 12.6. The van der Waals surface area contributed by atoms with Crippen molar-refractivity contribution in [1.29, 1.82) is 0 Å². The summed E-state index contributed by atoms with van der Waals surface area (Å²) in [6.07, 6.45) is 1.91.